The Balaban J connectivity index is 3.73. The van der Waals surface area contributed by atoms with Crippen LogP contribution in [0.5, 0.6) is 0 Å². The first-order valence-corrected chi connectivity index (χ1v) is 2.74. The predicted molar refractivity (Wildman–Crippen MR) is 31.7 cm³/mol. The minimum absolute atomic E-state index is 0.0749. The molecule has 0 fully saturated rings. The first kappa shape index (κ1) is 10.5. The lowest BCUT2D eigenvalue weighted by Gasteiger charge is -2.07. The number of carbonyl (C=O) groups excluding carboxylic acids is 3. The van der Waals surface area contributed by atoms with Crippen LogP contribution in [0, 0.1) is 0 Å². The van der Waals surface area contributed by atoms with Gasteiger partial charge in [-0.15, -0.1) is 0 Å². The number of hydrogen-bond donors (Lipinski definition) is 2. The molecule has 7 heteroatoms. The maximum Gasteiger partial charge on any atom is 0.513 e. The molecule has 0 spiro atoms. The summed E-state index contributed by atoms with van der Waals surface area (Å²) in [4.78, 5) is 29.7. The van der Waals surface area contributed by atoms with Crippen LogP contribution in [-0.2, 0) is 19.1 Å². The van der Waals surface area contributed by atoms with Gasteiger partial charge in [0.15, 0.2) is 12.6 Å². The van der Waals surface area contributed by atoms with E-state index >= 15 is 0 Å². The van der Waals surface area contributed by atoms with Gasteiger partial charge in [0.25, 0.3) is 12.6 Å². The Morgan fingerprint density at radius 1 is 1.08 bits per heavy atom. The van der Waals surface area contributed by atoms with Crippen molar-refractivity contribution in [1.82, 2.24) is 0 Å². The average Bonchev–Trinajstić information content (AvgIpc) is 2.03. The second kappa shape index (κ2) is 5.22. The Labute approximate surface area is 66.5 Å². The van der Waals surface area contributed by atoms with Crippen molar-refractivity contribution in [3.05, 3.63) is 0 Å². The van der Waals surface area contributed by atoms with Crippen molar-refractivity contribution < 1.29 is 34.1 Å². The van der Waals surface area contributed by atoms with Gasteiger partial charge in [-0.25, -0.2) is 4.79 Å². The third-order valence-electron chi connectivity index (χ3n) is 0.667. The van der Waals surface area contributed by atoms with Crippen molar-refractivity contribution in [2.24, 2.45) is 0 Å². The van der Waals surface area contributed by atoms with Crippen molar-refractivity contribution in [3.63, 3.8) is 0 Å². The van der Waals surface area contributed by atoms with E-state index in [1.807, 2.05) is 0 Å². The third kappa shape index (κ3) is 4.36. The van der Waals surface area contributed by atoms with Crippen molar-refractivity contribution in [1.29, 1.82) is 0 Å². The molecule has 2 atom stereocenters. The van der Waals surface area contributed by atoms with Crippen LogP contribution in [0.4, 0.5) is 4.79 Å². The molecule has 0 aliphatic heterocycles. The molecular formula is C5H6O7. The molecule has 0 aliphatic rings. The standard InChI is InChI=1S/C5H6O7/c6-1-3(8)11-5(10)12-4(9)2-7/h1-4,8-9H. The van der Waals surface area contributed by atoms with E-state index in [9.17, 15) is 14.4 Å². The third-order valence-corrected chi connectivity index (χ3v) is 0.667. The van der Waals surface area contributed by atoms with Gasteiger partial charge in [0.2, 0.25) is 0 Å². The first-order chi connectivity index (χ1) is 5.60. The van der Waals surface area contributed by atoms with E-state index in [-0.39, 0.29) is 12.6 Å². The molecule has 0 bridgehead atoms. The molecule has 0 rings (SSSR count). The van der Waals surface area contributed by atoms with E-state index in [1.165, 1.54) is 0 Å². The second-order valence-electron chi connectivity index (χ2n) is 1.54. The summed E-state index contributed by atoms with van der Waals surface area (Å²) >= 11 is 0. The van der Waals surface area contributed by atoms with Gasteiger partial charge in [0.1, 0.15) is 0 Å². The molecule has 7 nitrogen and oxygen atoms in total. The van der Waals surface area contributed by atoms with Crippen molar-refractivity contribution >= 4 is 18.7 Å². The predicted octanol–water partition coefficient (Wildman–Crippen LogP) is -1.83. The highest BCUT2D eigenvalue weighted by Gasteiger charge is 2.14. The monoisotopic (exact) mass is 178 g/mol. The van der Waals surface area contributed by atoms with Crippen molar-refractivity contribution in [2.75, 3.05) is 0 Å². The lowest BCUT2D eigenvalue weighted by atomic mass is 10.7. The maximum absolute atomic E-state index is 10.3. The van der Waals surface area contributed by atoms with Crippen molar-refractivity contribution in [3.8, 4) is 0 Å². The quantitative estimate of drug-likeness (QED) is 0.296. The van der Waals surface area contributed by atoms with Crippen LogP contribution < -0.4 is 0 Å². The SMILES string of the molecule is O=CC(O)OC(=O)OC(O)C=O. The van der Waals surface area contributed by atoms with Gasteiger partial charge in [-0.1, -0.05) is 0 Å². The largest absolute Gasteiger partial charge is 0.513 e. The Hall–Kier alpha value is -1.47. The minimum atomic E-state index is -1.96. The van der Waals surface area contributed by atoms with Crippen LogP contribution in [0.2, 0.25) is 0 Å². The van der Waals surface area contributed by atoms with E-state index in [0.717, 1.165) is 0 Å². The Bertz CT molecular complexity index is 159. The normalized spacial score (nSPS) is 14.2. The molecule has 2 unspecified atom stereocenters. The molecule has 0 radical (unpaired) electrons. The molecule has 0 aromatic rings. The highest BCUT2D eigenvalue weighted by molar-refractivity contribution is 5.67. The van der Waals surface area contributed by atoms with E-state index in [4.69, 9.17) is 10.2 Å². The number of hydrogen-bond acceptors (Lipinski definition) is 7. The highest BCUT2D eigenvalue weighted by atomic mass is 16.8. The fraction of sp³-hybridized carbons (Fsp3) is 0.400. The molecule has 0 aromatic carbocycles. The average molecular weight is 178 g/mol. The van der Waals surface area contributed by atoms with E-state index < -0.39 is 18.7 Å². The summed E-state index contributed by atoms with van der Waals surface area (Å²) in [5.74, 6) is 0. The number of aldehydes is 2. The summed E-state index contributed by atoms with van der Waals surface area (Å²) in [6.07, 6.45) is -5.59. The summed E-state index contributed by atoms with van der Waals surface area (Å²) < 4.78 is 7.56. The van der Waals surface area contributed by atoms with Gasteiger partial charge in [0.05, 0.1) is 0 Å². The van der Waals surface area contributed by atoms with Crippen LogP contribution in [0.1, 0.15) is 0 Å². The molecule has 0 saturated heterocycles. The summed E-state index contributed by atoms with van der Waals surface area (Å²) in [6.45, 7) is 0. The van der Waals surface area contributed by atoms with Gasteiger partial charge in [0, 0.05) is 0 Å². The zero-order valence-electron chi connectivity index (χ0n) is 5.75. The lowest BCUT2D eigenvalue weighted by Crippen LogP contribution is -2.24. The second-order valence-corrected chi connectivity index (χ2v) is 1.54. The highest BCUT2D eigenvalue weighted by Crippen LogP contribution is 1.91. The lowest BCUT2D eigenvalue weighted by molar-refractivity contribution is -0.151. The number of rotatable bonds is 4. The first-order valence-electron chi connectivity index (χ1n) is 2.74. The van der Waals surface area contributed by atoms with Gasteiger partial charge < -0.3 is 19.7 Å². The van der Waals surface area contributed by atoms with E-state index in [1.54, 1.807) is 0 Å². The number of aliphatic hydroxyl groups is 2. The Morgan fingerprint density at radius 3 is 1.67 bits per heavy atom. The molecule has 2 N–H and O–H groups in total. The van der Waals surface area contributed by atoms with E-state index in [0.29, 0.717) is 0 Å². The smallest absolute Gasteiger partial charge is 0.397 e. The van der Waals surface area contributed by atoms with Crippen LogP contribution >= 0.6 is 0 Å². The topological polar surface area (TPSA) is 110 Å². The summed E-state index contributed by atoms with van der Waals surface area (Å²) in [5, 5.41) is 16.7. The Morgan fingerprint density at radius 2 is 1.42 bits per heavy atom. The van der Waals surface area contributed by atoms with Gasteiger partial charge >= 0.3 is 6.16 Å². The van der Waals surface area contributed by atoms with Crippen LogP contribution in [0.15, 0.2) is 0 Å². The van der Waals surface area contributed by atoms with Gasteiger partial charge in [-0.05, 0) is 0 Å². The van der Waals surface area contributed by atoms with Gasteiger partial charge in [-0.2, -0.15) is 0 Å². The zero-order chi connectivity index (χ0) is 9.56. The molecule has 0 aromatic heterocycles. The zero-order valence-corrected chi connectivity index (χ0v) is 5.75. The molecule has 0 saturated carbocycles. The van der Waals surface area contributed by atoms with Crippen molar-refractivity contribution in [2.45, 2.75) is 12.6 Å². The number of ether oxygens (including phenoxy) is 2. The molecule has 0 aliphatic carbocycles. The fourth-order valence-electron chi connectivity index (χ4n) is 0.281. The molecule has 0 amide bonds. The minimum Gasteiger partial charge on any atom is -0.397 e. The summed E-state index contributed by atoms with van der Waals surface area (Å²) in [7, 11) is 0. The summed E-state index contributed by atoms with van der Waals surface area (Å²) in [5.41, 5.74) is 0. The van der Waals surface area contributed by atoms with Crippen LogP contribution in [0.25, 0.3) is 0 Å². The molecule has 12 heavy (non-hydrogen) atoms. The molecule has 68 valence electrons. The Kier molecular flexibility index (Phi) is 4.58. The van der Waals surface area contributed by atoms with E-state index in [2.05, 4.69) is 9.47 Å². The fourth-order valence-corrected chi connectivity index (χ4v) is 0.281. The number of carbonyl (C=O) groups is 3. The van der Waals surface area contributed by atoms with Crippen LogP contribution in [-0.4, -0.2) is 41.5 Å². The maximum atomic E-state index is 10.3. The van der Waals surface area contributed by atoms with Gasteiger partial charge in [-0.3, -0.25) is 9.59 Å². The molecule has 0 heterocycles. The van der Waals surface area contributed by atoms with Crippen LogP contribution in [0.3, 0.4) is 0 Å². The number of aliphatic hydroxyl groups excluding tert-OH is 2. The summed E-state index contributed by atoms with van der Waals surface area (Å²) in [6, 6.07) is 0. The molecular weight excluding hydrogens is 172 g/mol.